The first-order valence-electron chi connectivity index (χ1n) is 5.17. The van der Waals surface area contributed by atoms with E-state index in [0.29, 0.717) is 6.42 Å². The Bertz CT molecular complexity index is 419. The molecule has 0 bridgehead atoms. The zero-order valence-electron chi connectivity index (χ0n) is 9.64. The SMILES string of the molecule is CCC(C(=O)O)N(C)C(=O)Cc1sccc1Br. The fourth-order valence-corrected chi connectivity index (χ4v) is 2.98. The number of aliphatic carboxylic acids is 1. The third kappa shape index (κ3) is 3.54. The topological polar surface area (TPSA) is 57.6 Å². The highest BCUT2D eigenvalue weighted by Crippen LogP contribution is 2.23. The van der Waals surface area contributed by atoms with Gasteiger partial charge in [0.25, 0.3) is 0 Å². The number of hydrogen-bond donors (Lipinski definition) is 1. The molecular weight excluding hydrogens is 306 g/mol. The Kier molecular flexibility index (Phi) is 5.14. The van der Waals surface area contributed by atoms with Crippen molar-refractivity contribution in [1.82, 2.24) is 4.90 Å². The van der Waals surface area contributed by atoms with Gasteiger partial charge in [0.05, 0.1) is 6.42 Å². The van der Waals surface area contributed by atoms with Crippen LogP contribution in [-0.4, -0.2) is 35.0 Å². The van der Waals surface area contributed by atoms with Gasteiger partial charge in [-0.1, -0.05) is 6.92 Å². The highest BCUT2D eigenvalue weighted by atomic mass is 79.9. The molecule has 1 heterocycles. The van der Waals surface area contributed by atoms with Crippen molar-refractivity contribution in [2.24, 2.45) is 0 Å². The number of likely N-dealkylation sites (N-methyl/N-ethyl adjacent to an activating group) is 1. The lowest BCUT2D eigenvalue weighted by Gasteiger charge is -2.23. The minimum Gasteiger partial charge on any atom is -0.480 e. The van der Waals surface area contributed by atoms with Gasteiger partial charge >= 0.3 is 5.97 Å². The van der Waals surface area contributed by atoms with Gasteiger partial charge in [0.2, 0.25) is 5.91 Å². The van der Waals surface area contributed by atoms with E-state index in [1.54, 1.807) is 6.92 Å². The molecule has 0 aliphatic carbocycles. The van der Waals surface area contributed by atoms with E-state index in [9.17, 15) is 9.59 Å². The van der Waals surface area contributed by atoms with Gasteiger partial charge in [0.15, 0.2) is 0 Å². The molecule has 1 unspecified atom stereocenters. The fourth-order valence-electron chi connectivity index (χ4n) is 1.50. The molecule has 0 fully saturated rings. The molecule has 0 saturated carbocycles. The first kappa shape index (κ1) is 14.2. The summed E-state index contributed by atoms with van der Waals surface area (Å²) in [4.78, 5) is 25.1. The summed E-state index contributed by atoms with van der Waals surface area (Å²) >= 11 is 4.83. The van der Waals surface area contributed by atoms with Gasteiger partial charge in [0.1, 0.15) is 6.04 Å². The molecule has 17 heavy (non-hydrogen) atoms. The van der Waals surface area contributed by atoms with Crippen LogP contribution in [-0.2, 0) is 16.0 Å². The average Bonchev–Trinajstić information content (AvgIpc) is 2.64. The third-order valence-corrected chi connectivity index (χ3v) is 4.46. The van der Waals surface area contributed by atoms with E-state index in [1.165, 1.54) is 23.3 Å². The lowest BCUT2D eigenvalue weighted by molar-refractivity contribution is -0.148. The zero-order valence-corrected chi connectivity index (χ0v) is 12.0. The van der Waals surface area contributed by atoms with Crippen molar-refractivity contribution < 1.29 is 14.7 Å². The Balaban J connectivity index is 2.70. The number of nitrogens with zero attached hydrogens (tertiary/aromatic N) is 1. The summed E-state index contributed by atoms with van der Waals surface area (Å²) < 4.78 is 0.896. The summed E-state index contributed by atoms with van der Waals surface area (Å²) in [6, 6.07) is 1.13. The standard InChI is InChI=1S/C11H14BrNO3S/c1-3-8(11(15)16)13(2)10(14)6-9-7(12)4-5-17-9/h4-5,8H,3,6H2,1-2H3,(H,15,16). The molecule has 0 aliphatic heterocycles. The molecule has 94 valence electrons. The summed E-state index contributed by atoms with van der Waals surface area (Å²) in [6.07, 6.45) is 0.641. The van der Waals surface area contributed by atoms with Crippen molar-refractivity contribution >= 4 is 39.1 Å². The van der Waals surface area contributed by atoms with Crippen molar-refractivity contribution in [2.45, 2.75) is 25.8 Å². The molecule has 0 aliphatic rings. The number of rotatable bonds is 5. The van der Waals surface area contributed by atoms with Crippen LogP contribution in [0.3, 0.4) is 0 Å². The Hall–Kier alpha value is -0.880. The summed E-state index contributed by atoms with van der Waals surface area (Å²) in [5, 5.41) is 10.9. The fraction of sp³-hybridized carbons (Fsp3) is 0.455. The maximum Gasteiger partial charge on any atom is 0.326 e. The molecule has 0 saturated heterocycles. The molecule has 1 N–H and O–H groups in total. The summed E-state index contributed by atoms with van der Waals surface area (Å²) in [7, 11) is 1.53. The monoisotopic (exact) mass is 319 g/mol. The number of hydrogen-bond acceptors (Lipinski definition) is 3. The van der Waals surface area contributed by atoms with Crippen LogP contribution in [0.25, 0.3) is 0 Å². The van der Waals surface area contributed by atoms with E-state index < -0.39 is 12.0 Å². The number of carbonyl (C=O) groups is 2. The van der Waals surface area contributed by atoms with Gasteiger partial charge in [-0.05, 0) is 33.8 Å². The molecule has 0 spiro atoms. The quantitative estimate of drug-likeness (QED) is 0.906. The summed E-state index contributed by atoms with van der Waals surface area (Å²) in [5.41, 5.74) is 0. The lowest BCUT2D eigenvalue weighted by Crippen LogP contribution is -2.42. The average molecular weight is 320 g/mol. The Morgan fingerprint density at radius 1 is 1.59 bits per heavy atom. The minimum absolute atomic E-state index is 0.178. The van der Waals surface area contributed by atoms with Gasteiger partial charge in [-0.25, -0.2) is 4.79 Å². The van der Waals surface area contributed by atoms with Crippen LogP contribution in [0.2, 0.25) is 0 Å². The summed E-state index contributed by atoms with van der Waals surface area (Å²) in [5.74, 6) is -1.14. The van der Waals surface area contributed by atoms with Crippen LogP contribution in [0, 0.1) is 0 Å². The van der Waals surface area contributed by atoms with E-state index in [2.05, 4.69) is 15.9 Å². The van der Waals surface area contributed by atoms with Crippen molar-refractivity contribution in [3.8, 4) is 0 Å². The highest BCUT2D eigenvalue weighted by molar-refractivity contribution is 9.10. The Morgan fingerprint density at radius 2 is 2.24 bits per heavy atom. The maximum absolute atomic E-state index is 11.9. The lowest BCUT2D eigenvalue weighted by atomic mass is 10.2. The zero-order chi connectivity index (χ0) is 13.0. The minimum atomic E-state index is -0.964. The second kappa shape index (κ2) is 6.16. The van der Waals surface area contributed by atoms with Gasteiger partial charge in [-0.3, -0.25) is 4.79 Å². The van der Waals surface area contributed by atoms with Crippen LogP contribution in [0.15, 0.2) is 15.9 Å². The van der Waals surface area contributed by atoms with E-state index >= 15 is 0 Å². The van der Waals surface area contributed by atoms with Crippen LogP contribution >= 0.6 is 27.3 Å². The van der Waals surface area contributed by atoms with Gasteiger partial charge in [0, 0.05) is 16.4 Å². The number of amides is 1. The molecule has 1 aromatic rings. The molecule has 1 amide bonds. The Labute approximate surface area is 112 Å². The Morgan fingerprint density at radius 3 is 2.65 bits per heavy atom. The van der Waals surface area contributed by atoms with Crippen LogP contribution in [0.1, 0.15) is 18.2 Å². The van der Waals surface area contributed by atoms with Crippen LogP contribution < -0.4 is 0 Å². The van der Waals surface area contributed by atoms with E-state index in [0.717, 1.165) is 9.35 Å². The highest BCUT2D eigenvalue weighted by Gasteiger charge is 2.25. The predicted octanol–water partition coefficient (Wildman–Crippen LogP) is 2.37. The number of carboxylic acids is 1. The van der Waals surface area contributed by atoms with Crippen molar-refractivity contribution in [2.75, 3.05) is 7.05 Å². The first-order valence-corrected chi connectivity index (χ1v) is 6.85. The second-order valence-electron chi connectivity index (χ2n) is 3.64. The molecule has 0 radical (unpaired) electrons. The summed E-state index contributed by atoms with van der Waals surface area (Å²) in [6.45, 7) is 1.75. The number of carbonyl (C=O) groups excluding carboxylic acids is 1. The molecule has 0 aromatic carbocycles. The molecule has 1 aromatic heterocycles. The largest absolute Gasteiger partial charge is 0.480 e. The van der Waals surface area contributed by atoms with Crippen molar-refractivity contribution in [3.05, 3.63) is 20.8 Å². The molecule has 1 atom stereocenters. The first-order chi connectivity index (χ1) is 7.97. The number of thiophene rings is 1. The number of carboxylic acid groups (broad SMARTS) is 1. The number of halogens is 1. The normalized spacial score (nSPS) is 12.2. The molecule has 1 rings (SSSR count). The van der Waals surface area contributed by atoms with E-state index in [1.807, 2.05) is 11.4 Å². The third-order valence-electron chi connectivity index (χ3n) is 2.54. The predicted molar refractivity (Wildman–Crippen MR) is 70.2 cm³/mol. The van der Waals surface area contributed by atoms with Gasteiger partial charge in [-0.2, -0.15) is 0 Å². The van der Waals surface area contributed by atoms with Crippen molar-refractivity contribution in [3.63, 3.8) is 0 Å². The maximum atomic E-state index is 11.9. The molecule has 4 nitrogen and oxygen atoms in total. The van der Waals surface area contributed by atoms with Crippen LogP contribution in [0.4, 0.5) is 0 Å². The second-order valence-corrected chi connectivity index (χ2v) is 5.49. The van der Waals surface area contributed by atoms with Gasteiger partial charge in [-0.15, -0.1) is 11.3 Å². The molecular formula is C11H14BrNO3S. The van der Waals surface area contributed by atoms with E-state index in [-0.39, 0.29) is 12.3 Å². The molecule has 6 heteroatoms. The van der Waals surface area contributed by atoms with E-state index in [4.69, 9.17) is 5.11 Å². The van der Waals surface area contributed by atoms with Crippen LogP contribution in [0.5, 0.6) is 0 Å². The smallest absolute Gasteiger partial charge is 0.326 e. The van der Waals surface area contributed by atoms with Crippen molar-refractivity contribution in [1.29, 1.82) is 0 Å². The van der Waals surface area contributed by atoms with Gasteiger partial charge < -0.3 is 10.0 Å².